The van der Waals surface area contributed by atoms with Gasteiger partial charge in [-0.3, -0.25) is 0 Å². The summed E-state index contributed by atoms with van der Waals surface area (Å²) in [5.41, 5.74) is 1.88. The molecule has 2 heterocycles. The van der Waals surface area contributed by atoms with E-state index in [4.69, 9.17) is 4.74 Å². The van der Waals surface area contributed by atoms with Crippen molar-refractivity contribution in [3.05, 3.63) is 21.4 Å². The van der Waals surface area contributed by atoms with Gasteiger partial charge in [0.25, 0.3) is 0 Å². The molecule has 15 heavy (non-hydrogen) atoms. The third kappa shape index (κ3) is 1.45. The monoisotopic (exact) mass is 223 g/mol. The summed E-state index contributed by atoms with van der Waals surface area (Å²) in [6, 6.07) is 2.32. The number of fused-ring (bicyclic) bond motifs is 2. The number of aryl methyl sites for hydroxylation is 1. The molecule has 0 aromatic carbocycles. The first kappa shape index (κ1) is 9.82. The largest absolute Gasteiger partial charge is 0.371 e. The van der Waals surface area contributed by atoms with Crippen molar-refractivity contribution in [2.45, 2.75) is 31.3 Å². The van der Waals surface area contributed by atoms with E-state index in [1.165, 1.54) is 23.3 Å². The molecule has 3 heteroatoms. The quantitative estimate of drug-likeness (QED) is 0.831. The number of hydrogen-bond donors (Lipinski definition) is 1. The zero-order valence-corrected chi connectivity index (χ0v) is 10.1. The second-order valence-corrected chi connectivity index (χ2v) is 6.04. The summed E-state index contributed by atoms with van der Waals surface area (Å²) >= 11 is 1.98. The van der Waals surface area contributed by atoms with Gasteiger partial charge in [0.05, 0.1) is 12.7 Å². The number of rotatable bonds is 2. The van der Waals surface area contributed by atoms with Gasteiger partial charge in [-0.05, 0) is 38.4 Å². The maximum absolute atomic E-state index is 5.98. The SMILES string of the molecule is CNCC1OCC2(CC2)c2sc(C)cc21. The fourth-order valence-electron chi connectivity index (χ4n) is 2.48. The maximum Gasteiger partial charge on any atom is 0.0960 e. The minimum absolute atomic E-state index is 0.279. The van der Waals surface area contributed by atoms with Crippen LogP contribution in [0, 0.1) is 6.92 Å². The van der Waals surface area contributed by atoms with Gasteiger partial charge in [0.2, 0.25) is 0 Å². The van der Waals surface area contributed by atoms with E-state index in [1.807, 2.05) is 18.4 Å². The van der Waals surface area contributed by atoms with E-state index in [1.54, 1.807) is 4.88 Å². The standard InChI is InChI=1S/C12H17NOS/c1-8-5-9-10(6-13-2)14-7-12(3-4-12)11(9)15-8/h5,10,13H,3-4,6-7H2,1-2H3. The molecule has 1 spiro atoms. The second-order valence-electron chi connectivity index (χ2n) is 4.78. The molecule has 1 atom stereocenters. The Balaban J connectivity index is 2.00. The van der Waals surface area contributed by atoms with Crippen LogP contribution < -0.4 is 5.32 Å². The molecule has 0 saturated heterocycles. The zero-order valence-electron chi connectivity index (χ0n) is 9.30. The fraction of sp³-hybridized carbons (Fsp3) is 0.667. The summed E-state index contributed by atoms with van der Waals surface area (Å²) < 4.78 is 5.98. The summed E-state index contributed by atoms with van der Waals surface area (Å²) in [4.78, 5) is 3.05. The van der Waals surface area contributed by atoms with Crippen LogP contribution in [0.5, 0.6) is 0 Å². The first-order valence-corrected chi connectivity index (χ1v) is 6.44. The first-order valence-electron chi connectivity index (χ1n) is 5.62. The molecule has 2 aliphatic rings. The summed E-state index contributed by atoms with van der Waals surface area (Å²) in [5, 5.41) is 3.21. The minimum atomic E-state index is 0.279. The lowest BCUT2D eigenvalue weighted by molar-refractivity contribution is 0.0248. The highest BCUT2D eigenvalue weighted by Crippen LogP contribution is 2.56. The molecule has 0 amide bonds. The van der Waals surface area contributed by atoms with Crippen molar-refractivity contribution in [3.8, 4) is 0 Å². The fourth-order valence-corrected chi connectivity index (χ4v) is 3.78. The molecule has 82 valence electrons. The lowest BCUT2D eigenvalue weighted by Gasteiger charge is -2.29. The molecular weight excluding hydrogens is 206 g/mol. The van der Waals surface area contributed by atoms with Gasteiger partial charge in [-0.1, -0.05) is 0 Å². The van der Waals surface area contributed by atoms with Crippen LogP contribution in [0.25, 0.3) is 0 Å². The van der Waals surface area contributed by atoms with Crippen molar-refractivity contribution >= 4 is 11.3 Å². The molecule has 3 rings (SSSR count). The van der Waals surface area contributed by atoms with Gasteiger partial charge < -0.3 is 10.1 Å². The molecule has 1 N–H and O–H groups in total. The Bertz CT molecular complexity index is 381. The second kappa shape index (κ2) is 3.30. The van der Waals surface area contributed by atoms with Crippen LogP contribution in [0.1, 0.15) is 34.3 Å². The number of thiophene rings is 1. The highest BCUT2D eigenvalue weighted by atomic mass is 32.1. The van der Waals surface area contributed by atoms with Crippen molar-refractivity contribution in [1.29, 1.82) is 0 Å². The lowest BCUT2D eigenvalue weighted by atomic mass is 9.95. The van der Waals surface area contributed by atoms with Gasteiger partial charge >= 0.3 is 0 Å². The molecule has 1 unspecified atom stereocenters. The van der Waals surface area contributed by atoms with Gasteiger partial charge in [-0.15, -0.1) is 11.3 Å². The Morgan fingerprint density at radius 2 is 2.40 bits per heavy atom. The molecule has 1 aliphatic carbocycles. The van der Waals surface area contributed by atoms with Crippen LogP contribution in [0.4, 0.5) is 0 Å². The molecule has 1 aromatic rings. The Kier molecular flexibility index (Phi) is 2.16. The highest BCUT2D eigenvalue weighted by Gasteiger charge is 2.50. The van der Waals surface area contributed by atoms with Gasteiger partial charge in [0, 0.05) is 21.7 Å². The van der Waals surface area contributed by atoms with Crippen LogP contribution in [-0.2, 0) is 10.2 Å². The van der Waals surface area contributed by atoms with Crippen LogP contribution in [0.15, 0.2) is 6.07 Å². The summed E-state index contributed by atoms with van der Waals surface area (Å²) in [7, 11) is 1.99. The molecule has 0 radical (unpaired) electrons. The Hall–Kier alpha value is -0.380. The van der Waals surface area contributed by atoms with Crippen molar-refractivity contribution in [2.24, 2.45) is 0 Å². The number of likely N-dealkylation sites (N-methyl/N-ethyl adjacent to an activating group) is 1. The zero-order chi connectivity index (χ0) is 10.5. The molecule has 1 saturated carbocycles. The van der Waals surface area contributed by atoms with Crippen LogP contribution in [0.3, 0.4) is 0 Å². The van der Waals surface area contributed by atoms with Gasteiger partial charge in [-0.25, -0.2) is 0 Å². The molecule has 1 aromatic heterocycles. The van der Waals surface area contributed by atoms with Crippen molar-refractivity contribution in [3.63, 3.8) is 0 Å². The van der Waals surface area contributed by atoms with E-state index in [2.05, 4.69) is 18.3 Å². The molecule has 1 aliphatic heterocycles. The van der Waals surface area contributed by atoms with E-state index in [9.17, 15) is 0 Å². The normalized spacial score (nSPS) is 26.7. The van der Waals surface area contributed by atoms with Crippen molar-refractivity contribution < 1.29 is 4.74 Å². The maximum atomic E-state index is 5.98. The Morgan fingerprint density at radius 3 is 3.07 bits per heavy atom. The predicted molar refractivity (Wildman–Crippen MR) is 62.6 cm³/mol. The van der Waals surface area contributed by atoms with Gasteiger partial charge in [0.1, 0.15) is 0 Å². The van der Waals surface area contributed by atoms with Gasteiger partial charge in [-0.2, -0.15) is 0 Å². The number of ether oxygens (including phenoxy) is 1. The summed E-state index contributed by atoms with van der Waals surface area (Å²) in [6.45, 7) is 4.07. The summed E-state index contributed by atoms with van der Waals surface area (Å²) in [5.74, 6) is 0. The Labute approximate surface area is 94.6 Å². The van der Waals surface area contributed by atoms with Crippen LogP contribution >= 0.6 is 11.3 Å². The van der Waals surface area contributed by atoms with E-state index in [-0.39, 0.29) is 6.10 Å². The van der Waals surface area contributed by atoms with E-state index in [0.717, 1.165) is 13.2 Å². The minimum Gasteiger partial charge on any atom is -0.371 e. The van der Waals surface area contributed by atoms with Crippen molar-refractivity contribution in [2.75, 3.05) is 20.2 Å². The topological polar surface area (TPSA) is 21.3 Å². The Morgan fingerprint density at radius 1 is 1.60 bits per heavy atom. The first-order chi connectivity index (χ1) is 7.25. The average molecular weight is 223 g/mol. The van der Waals surface area contributed by atoms with E-state index in [0.29, 0.717) is 5.41 Å². The molecule has 2 nitrogen and oxygen atoms in total. The lowest BCUT2D eigenvalue weighted by Crippen LogP contribution is -2.29. The number of nitrogens with one attached hydrogen (secondary N) is 1. The van der Waals surface area contributed by atoms with E-state index >= 15 is 0 Å². The summed E-state index contributed by atoms with van der Waals surface area (Å²) in [6.07, 6.45) is 2.93. The molecular formula is C12H17NOS. The van der Waals surface area contributed by atoms with Crippen molar-refractivity contribution in [1.82, 2.24) is 5.32 Å². The number of hydrogen-bond acceptors (Lipinski definition) is 3. The third-order valence-electron chi connectivity index (χ3n) is 3.52. The molecule has 0 bridgehead atoms. The predicted octanol–water partition coefficient (Wildman–Crippen LogP) is 2.38. The van der Waals surface area contributed by atoms with Crippen LogP contribution in [-0.4, -0.2) is 20.2 Å². The van der Waals surface area contributed by atoms with Gasteiger partial charge in [0.15, 0.2) is 0 Å². The smallest absolute Gasteiger partial charge is 0.0960 e. The van der Waals surface area contributed by atoms with Crippen LogP contribution in [0.2, 0.25) is 0 Å². The highest BCUT2D eigenvalue weighted by molar-refractivity contribution is 7.12. The third-order valence-corrected chi connectivity index (χ3v) is 4.83. The average Bonchev–Trinajstić information content (AvgIpc) is 2.87. The van der Waals surface area contributed by atoms with E-state index < -0.39 is 0 Å². The molecule has 1 fully saturated rings.